The Balaban J connectivity index is 1.68. The van der Waals surface area contributed by atoms with Crippen molar-refractivity contribution in [2.45, 2.75) is 24.7 Å². The summed E-state index contributed by atoms with van der Waals surface area (Å²) in [5.41, 5.74) is 1.96. The molecular formula is C27H29ClFN5O2S2. The van der Waals surface area contributed by atoms with Crippen LogP contribution in [0.5, 0.6) is 0 Å². The third-order valence-electron chi connectivity index (χ3n) is 5.82. The molecule has 200 valence electrons. The molecule has 0 aliphatic carbocycles. The van der Waals surface area contributed by atoms with Gasteiger partial charge in [0.1, 0.15) is 5.82 Å². The molecule has 0 amide bonds. The lowest BCUT2D eigenvalue weighted by atomic mass is 9.91. The van der Waals surface area contributed by atoms with Crippen molar-refractivity contribution in [3.63, 3.8) is 0 Å². The molecule has 1 aliphatic rings. The van der Waals surface area contributed by atoms with E-state index in [9.17, 15) is 12.8 Å². The quantitative estimate of drug-likeness (QED) is 0.218. The molecule has 7 nitrogen and oxygen atoms in total. The maximum absolute atomic E-state index is 13.7. The molecule has 1 atom stereocenters. The van der Waals surface area contributed by atoms with Gasteiger partial charge in [-0.15, -0.1) is 0 Å². The average Bonchev–Trinajstić information content (AvgIpc) is 3.30. The zero-order valence-electron chi connectivity index (χ0n) is 21.0. The third-order valence-corrected chi connectivity index (χ3v) is 8.05. The molecule has 1 unspecified atom stereocenters. The highest BCUT2D eigenvalue weighted by Crippen LogP contribution is 2.30. The Morgan fingerprint density at radius 3 is 2.42 bits per heavy atom. The summed E-state index contributed by atoms with van der Waals surface area (Å²) in [5.74, 6) is -0.157. The second-order valence-corrected chi connectivity index (χ2v) is 12.7. The minimum absolute atomic E-state index is 0.0911. The molecule has 0 saturated heterocycles. The minimum atomic E-state index is -3.68. The van der Waals surface area contributed by atoms with E-state index in [2.05, 4.69) is 4.72 Å². The van der Waals surface area contributed by atoms with E-state index in [1.54, 1.807) is 43.1 Å². The molecule has 0 spiro atoms. The number of aliphatic imine (C=N–C) groups is 1. The number of nitrogens with one attached hydrogen (secondary N) is 1. The van der Waals surface area contributed by atoms with E-state index in [1.807, 2.05) is 42.5 Å². The van der Waals surface area contributed by atoms with Gasteiger partial charge in [0, 0.05) is 22.4 Å². The molecule has 0 radical (unpaired) electrons. The number of hydrazone groups is 1. The summed E-state index contributed by atoms with van der Waals surface area (Å²) in [5, 5.41) is 12.6. The smallest absolute Gasteiger partial charge is 0.225 e. The van der Waals surface area contributed by atoms with Gasteiger partial charge in [0.25, 0.3) is 0 Å². The Hall–Kier alpha value is -2.92. The molecule has 0 bridgehead atoms. The van der Waals surface area contributed by atoms with Gasteiger partial charge in [-0.2, -0.15) is 5.10 Å². The molecule has 0 saturated carbocycles. The topological polar surface area (TPSA) is 100 Å². The van der Waals surface area contributed by atoms with Crippen LogP contribution >= 0.6 is 23.5 Å². The Bertz CT molecular complexity index is 1410. The Morgan fingerprint density at radius 1 is 1.13 bits per heavy atom. The number of benzene rings is 3. The summed E-state index contributed by atoms with van der Waals surface area (Å²) in [6.45, 7) is 4.28. The van der Waals surface area contributed by atoms with Crippen LogP contribution < -0.4 is 9.86 Å². The zero-order valence-corrected chi connectivity index (χ0v) is 23.4. The Morgan fingerprint density at radius 2 is 1.79 bits per heavy atom. The van der Waals surface area contributed by atoms with Gasteiger partial charge in [0.05, 0.1) is 18.0 Å². The van der Waals surface area contributed by atoms with Crippen LogP contribution in [0.15, 0.2) is 93.9 Å². The van der Waals surface area contributed by atoms with Gasteiger partial charge in [-0.1, -0.05) is 67.9 Å². The van der Waals surface area contributed by atoms with Crippen LogP contribution in [0.2, 0.25) is 5.02 Å². The molecule has 3 aromatic carbocycles. The third kappa shape index (κ3) is 7.80. The van der Waals surface area contributed by atoms with Crippen molar-refractivity contribution in [3.8, 4) is 0 Å². The van der Waals surface area contributed by atoms with Gasteiger partial charge in [0.2, 0.25) is 16.0 Å². The standard InChI is InChI=1S/C27H29ClFN5O2S2/c1-27(2,18-38(30,35)36)17-31-26(33-37-23-14-10-21(28)11-15-23)34-16-24(19-6-4-3-5-7-19)25(32-34)20-8-12-22(29)13-9-20/h3-15,24H,16-18H2,1-2H3,(H,31,33)(H2,30,35,36). The van der Waals surface area contributed by atoms with E-state index < -0.39 is 15.4 Å². The van der Waals surface area contributed by atoms with Gasteiger partial charge in [-0.25, -0.2) is 23.0 Å². The number of rotatable bonds is 8. The van der Waals surface area contributed by atoms with E-state index in [0.717, 1.165) is 21.7 Å². The van der Waals surface area contributed by atoms with Crippen LogP contribution in [-0.2, 0) is 10.0 Å². The lowest BCUT2D eigenvalue weighted by molar-refractivity contribution is 0.414. The summed E-state index contributed by atoms with van der Waals surface area (Å²) in [6.07, 6.45) is 0. The number of guanidine groups is 1. The van der Waals surface area contributed by atoms with Gasteiger partial charge in [-0.3, -0.25) is 9.71 Å². The average molecular weight is 574 g/mol. The van der Waals surface area contributed by atoms with Gasteiger partial charge in [-0.05, 0) is 64.9 Å². The van der Waals surface area contributed by atoms with Crippen LogP contribution in [0.3, 0.4) is 0 Å². The molecular weight excluding hydrogens is 545 g/mol. The van der Waals surface area contributed by atoms with Crippen LogP contribution in [0, 0.1) is 11.2 Å². The predicted octanol–water partition coefficient (Wildman–Crippen LogP) is 5.25. The minimum Gasteiger partial charge on any atom is -0.295 e. The van der Waals surface area contributed by atoms with Gasteiger partial charge >= 0.3 is 0 Å². The zero-order chi connectivity index (χ0) is 27.3. The normalized spacial score (nSPS) is 16.4. The maximum atomic E-state index is 13.7. The molecule has 3 aromatic rings. The highest BCUT2D eigenvalue weighted by Gasteiger charge is 2.32. The number of halogens is 2. The van der Waals surface area contributed by atoms with Crippen LogP contribution in [0.25, 0.3) is 0 Å². The first kappa shape index (κ1) is 28.1. The van der Waals surface area contributed by atoms with Gasteiger partial charge < -0.3 is 0 Å². The highest BCUT2D eigenvalue weighted by molar-refractivity contribution is 7.98. The summed E-state index contributed by atoms with van der Waals surface area (Å²) in [7, 11) is -3.68. The number of sulfonamides is 1. The van der Waals surface area contributed by atoms with Crippen molar-refractivity contribution in [2.24, 2.45) is 20.6 Å². The van der Waals surface area contributed by atoms with Crippen LogP contribution in [-0.4, -0.2) is 43.9 Å². The Kier molecular flexibility index (Phi) is 8.77. The molecule has 1 heterocycles. The summed E-state index contributed by atoms with van der Waals surface area (Å²) >= 11 is 7.37. The number of hydrogen-bond donors (Lipinski definition) is 2. The van der Waals surface area contributed by atoms with Crippen molar-refractivity contribution in [1.82, 2.24) is 9.73 Å². The summed E-state index contributed by atoms with van der Waals surface area (Å²) < 4.78 is 40.5. The monoisotopic (exact) mass is 573 g/mol. The van der Waals surface area contributed by atoms with E-state index >= 15 is 0 Å². The fourth-order valence-electron chi connectivity index (χ4n) is 4.11. The predicted molar refractivity (Wildman–Crippen MR) is 153 cm³/mol. The fourth-order valence-corrected chi connectivity index (χ4v) is 6.07. The van der Waals surface area contributed by atoms with Crippen LogP contribution in [0.1, 0.15) is 30.9 Å². The summed E-state index contributed by atoms with van der Waals surface area (Å²) in [6, 6.07) is 23.6. The number of nitrogens with zero attached hydrogens (tertiary/aromatic N) is 3. The molecule has 1 aliphatic heterocycles. The van der Waals surface area contributed by atoms with Crippen molar-refractivity contribution in [3.05, 3.63) is 101 Å². The molecule has 3 N–H and O–H groups in total. The van der Waals surface area contributed by atoms with Crippen molar-refractivity contribution >= 4 is 45.2 Å². The highest BCUT2D eigenvalue weighted by atomic mass is 35.5. The Labute approximate surface area is 232 Å². The summed E-state index contributed by atoms with van der Waals surface area (Å²) in [4.78, 5) is 5.67. The van der Waals surface area contributed by atoms with Crippen molar-refractivity contribution in [1.29, 1.82) is 0 Å². The second kappa shape index (κ2) is 11.9. The molecule has 0 aromatic heterocycles. The maximum Gasteiger partial charge on any atom is 0.225 e. The SMILES string of the molecule is CC(C)(CN=C(NSc1ccc(Cl)cc1)N1CC(c2ccccc2)C(c2ccc(F)cc2)=N1)CS(N)(=O)=O. The second-order valence-electron chi connectivity index (χ2n) is 9.81. The molecule has 11 heteroatoms. The molecule has 0 fully saturated rings. The molecule has 4 rings (SSSR count). The molecule has 38 heavy (non-hydrogen) atoms. The number of nitrogens with two attached hydrogens (primary N) is 1. The van der Waals surface area contributed by atoms with Crippen molar-refractivity contribution < 1.29 is 12.8 Å². The largest absolute Gasteiger partial charge is 0.295 e. The first-order valence-electron chi connectivity index (χ1n) is 11.9. The van der Waals surface area contributed by atoms with Crippen molar-refractivity contribution in [2.75, 3.05) is 18.8 Å². The van der Waals surface area contributed by atoms with E-state index in [-0.39, 0.29) is 24.0 Å². The number of hydrogen-bond acceptors (Lipinski definition) is 5. The number of primary sulfonamides is 1. The lowest BCUT2D eigenvalue weighted by Gasteiger charge is -2.24. The lowest BCUT2D eigenvalue weighted by Crippen LogP contribution is -2.37. The van der Waals surface area contributed by atoms with Gasteiger partial charge in [0.15, 0.2) is 0 Å². The fraction of sp³-hybridized carbons (Fsp3) is 0.259. The van der Waals surface area contributed by atoms with Crippen LogP contribution in [0.4, 0.5) is 4.39 Å². The van der Waals surface area contributed by atoms with E-state index in [1.165, 1.54) is 24.1 Å². The first-order chi connectivity index (χ1) is 18.0. The van der Waals surface area contributed by atoms with E-state index in [0.29, 0.717) is 17.5 Å². The van der Waals surface area contributed by atoms with E-state index in [4.69, 9.17) is 26.8 Å². The first-order valence-corrected chi connectivity index (χ1v) is 14.8.